The summed E-state index contributed by atoms with van der Waals surface area (Å²) in [6.07, 6.45) is 0.795. The molecule has 5 rings (SSSR count). The number of nitrogens with zero attached hydrogens (tertiary/aromatic N) is 4. The molecule has 1 aliphatic carbocycles. The maximum absolute atomic E-state index is 12.8. The highest BCUT2D eigenvalue weighted by Gasteiger charge is 2.29. The lowest BCUT2D eigenvalue weighted by molar-refractivity contribution is -0.126. The van der Waals surface area contributed by atoms with E-state index in [4.69, 9.17) is 0 Å². The summed E-state index contributed by atoms with van der Waals surface area (Å²) in [6.45, 7) is 4.84. The van der Waals surface area contributed by atoms with Crippen molar-refractivity contribution in [3.8, 4) is 6.07 Å². The summed E-state index contributed by atoms with van der Waals surface area (Å²) >= 11 is 1.07. The molecule has 5 nitrogen and oxygen atoms in total. The summed E-state index contributed by atoms with van der Waals surface area (Å²) in [7, 11) is 0. The number of hydrogen-bond donors (Lipinski definition) is 1. The summed E-state index contributed by atoms with van der Waals surface area (Å²) in [6, 6.07) is 8.45. The number of fused-ring (bicyclic) bond motifs is 2. The topological polar surface area (TPSA) is 64.8 Å². The van der Waals surface area contributed by atoms with Gasteiger partial charge in [-0.05, 0) is 60.2 Å². The second kappa shape index (κ2) is 9.01. The number of nitriles is 1. The Morgan fingerprint density at radius 2 is 2.00 bits per heavy atom. The molecule has 34 heavy (non-hydrogen) atoms. The number of nitrogens with one attached hydrogen (secondary N) is 1. The van der Waals surface area contributed by atoms with E-state index in [0.29, 0.717) is 16.0 Å². The number of likely N-dealkylation sites (tertiary alicyclic amines) is 1. The quantitative estimate of drug-likeness (QED) is 0.509. The standard InChI is InChI=1S/C25H24F3N5S/c1-15-6-17-7-16(12-29)8-18(17)9-19(15)13-33-4-2-20(3-5-33)32-23-22-10-21(11-25(26,27)28)34-24(22)31-14-30-23/h6,8-10,14,20H,2-5,7,11,13H2,1H3,(H,30,31,32). The van der Waals surface area contributed by atoms with Crippen LogP contribution in [0.3, 0.4) is 0 Å². The van der Waals surface area contributed by atoms with Gasteiger partial charge in [-0.3, -0.25) is 4.90 Å². The van der Waals surface area contributed by atoms with Gasteiger partial charge in [-0.2, -0.15) is 18.4 Å². The van der Waals surface area contributed by atoms with Crippen LogP contribution < -0.4 is 5.32 Å². The normalized spacial score (nSPS) is 17.0. The van der Waals surface area contributed by atoms with Gasteiger partial charge >= 0.3 is 6.18 Å². The van der Waals surface area contributed by atoms with E-state index in [1.54, 1.807) is 6.07 Å². The molecule has 9 heteroatoms. The highest BCUT2D eigenvalue weighted by molar-refractivity contribution is 7.18. The average Bonchev–Trinajstić information content (AvgIpc) is 3.37. The summed E-state index contributed by atoms with van der Waals surface area (Å²) in [4.78, 5) is 11.7. The zero-order valence-electron chi connectivity index (χ0n) is 18.7. The van der Waals surface area contributed by atoms with Crippen molar-refractivity contribution in [3.05, 3.63) is 57.2 Å². The van der Waals surface area contributed by atoms with Crippen molar-refractivity contribution in [1.29, 1.82) is 5.26 Å². The van der Waals surface area contributed by atoms with Crippen LogP contribution in [0.1, 0.15) is 40.0 Å². The van der Waals surface area contributed by atoms with Crippen LogP contribution in [0.25, 0.3) is 16.3 Å². The third-order valence-corrected chi connectivity index (χ3v) is 7.57. The number of rotatable bonds is 5. The molecule has 0 unspecified atom stereocenters. The Balaban J connectivity index is 1.22. The van der Waals surface area contributed by atoms with Gasteiger partial charge in [-0.1, -0.05) is 6.07 Å². The number of alkyl halides is 3. The van der Waals surface area contributed by atoms with Gasteiger partial charge in [0, 0.05) is 42.5 Å². The number of benzene rings is 1. The van der Waals surface area contributed by atoms with Crippen LogP contribution >= 0.6 is 11.3 Å². The molecule has 3 aromatic rings. The van der Waals surface area contributed by atoms with E-state index in [9.17, 15) is 18.4 Å². The Bertz CT molecular complexity index is 1300. The highest BCUT2D eigenvalue weighted by Crippen LogP contribution is 2.33. The molecule has 0 amide bonds. The van der Waals surface area contributed by atoms with E-state index >= 15 is 0 Å². The van der Waals surface area contributed by atoms with Crippen LogP contribution in [0.5, 0.6) is 0 Å². The first kappa shape index (κ1) is 22.8. The smallest absolute Gasteiger partial charge is 0.367 e. The van der Waals surface area contributed by atoms with Crippen LogP contribution in [0.2, 0.25) is 0 Å². The third kappa shape index (κ3) is 4.93. The highest BCUT2D eigenvalue weighted by atomic mass is 32.1. The second-order valence-electron chi connectivity index (χ2n) is 9.08. The molecule has 1 N–H and O–H groups in total. The largest absolute Gasteiger partial charge is 0.393 e. The monoisotopic (exact) mass is 483 g/mol. The number of anilines is 1. The Morgan fingerprint density at radius 1 is 1.21 bits per heavy atom. The first-order valence-electron chi connectivity index (χ1n) is 11.3. The molecule has 0 spiro atoms. The fraction of sp³-hybridized carbons (Fsp3) is 0.400. The molecule has 176 valence electrons. The fourth-order valence-corrected chi connectivity index (χ4v) is 5.81. The molecule has 1 fully saturated rings. The summed E-state index contributed by atoms with van der Waals surface area (Å²) < 4.78 is 38.4. The Kier molecular flexibility index (Phi) is 6.04. The molecule has 1 aliphatic heterocycles. The van der Waals surface area contributed by atoms with Gasteiger partial charge in [0.15, 0.2) is 0 Å². The number of piperidine rings is 1. The van der Waals surface area contributed by atoms with Crippen molar-refractivity contribution in [3.63, 3.8) is 0 Å². The van der Waals surface area contributed by atoms with E-state index in [1.165, 1.54) is 23.0 Å². The van der Waals surface area contributed by atoms with Crippen LogP contribution in [0.4, 0.5) is 19.0 Å². The van der Waals surface area contributed by atoms with Gasteiger partial charge in [0.25, 0.3) is 0 Å². The number of hydrogen-bond acceptors (Lipinski definition) is 6. The zero-order chi connectivity index (χ0) is 23.9. The van der Waals surface area contributed by atoms with Crippen LogP contribution in [0, 0.1) is 18.3 Å². The predicted molar refractivity (Wildman–Crippen MR) is 128 cm³/mol. The number of aryl methyl sites for hydroxylation is 1. The fourth-order valence-electron chi connectivity index (χ4n) is 4.78. The number of thiophene rings is 1. The molecule has 0 bridgehead atoms. The van der Waals surface area contributed by atoms with E-state index in [1.807, 2.05) is 6.08 Å². The van der Waals surface area contributed by atoms with E-state index in [0.717, 1.165) is 61.4 Å². The minimum absolute atomic E-state index is 0.211. The Morgan fingerprint density at radius 3 is 2.74 bits per heavy atom. The molecule has 0 saturated carbocycles. The van der Waals surface area contributed by atoms with Gasteiger partial charge in [-0.15, -0.1) is 11.3 Å². The van der Waals surface area contributed by atoms with Crippen LogP contribution in [-0.2, 0) is 19.4 Å². The van der Waals surface area contributed by atoms with Crippen LogP contribution in [-0.4, -0.2) is 40.2 Å². The average molecular weight is 484 g/mol. The van der Waals surface area contributed by atoms with E-state index < -0.39 is 12.6 Å². The van der Waals surface area contributed by atoms with Crippen molar-refractivity contribution >= 4 is 33.4 Å². The first-order valence-corrected chi connectivity index (χ1v) is 12.1. The van der Waals surface area contributed by atoms with E-state index in [2.05, 4.69) is 45.3 Å². The molecule has 3 heterocycles. The molecule has 0 radical (unpaired) electrons. The molecular formula is C25H24F3N5S. The third-order valence-electron chi connectivity index (χ3n) is 6.53. The summed E-state index contributed by atoms with van der Waals surface area (Å²) in [5.41, 5.74) is 5.73. The first-order chi connectivity index (χ1) is 16.3. The van der Waals surface area contributed by atoms with Crippen molar-refractivity contribution in [2.45, 2.75) is 51.4 Å². The molecule has 1 saturated heterocycles. The van der Waals surface area contributed by atoms with Gasteiger partial charge in [0.1, 0.15) is 17.0 Å². The number of halogens is 3. The SMILES string of the molecule is Cc1cc2c(cc1CN1CCC(Nc3ncnc4sc(CC(F)(F)F)cc34)CC1)C=C(C#N)C2. The number of allylic oxidation sites excluding steroid dienone is 1. The summed E-state index contributed by atoms with van der Waals surface area (Å²) in [5.74, 6) is 0.614. The van der Waals surface area contributed by atoms with Crippen molar-refractivity contribution in [2.75, 3.05) is 18.4 Å². The maximum Gasteiger partial charge on any atom is 0.393 e. The lowest BCUT2D eigenvalue weighted by Gasteiger charge is -2.33. The maximum atomic E-state index is 12.8. The molecule has 1 aromatic carbocycles. The van der Waals surface area contributed by atoms with Gasteiger partial charge < -0.3 is 5.32 Å². The van der Waals surface area contributed by atoms with E-state index in [-0.39, 0.29) is 10.9 Å². The van der Waals surface area contributed by atoms with Crippen molar-refractivity contribution in [2.24, 2.45) is 0 Å². The Hall–Kier alpha value is -2.96. The van der Waals surface area contributed by atoms with Crippen molar-refractivity contribution < 1.29 is 13.2 Å². The predicted octanol–water partition coefficient (Wildman–Crippen LogP) is 5.64. The zero-order valence-corrected chi connectivity index (χ0v) is 19.6. The summed E-state index contributed by atoms with van der Waals surface area (Å²) in [5, 5.41) is 13.3. The lowest BCUT2D eigenvalue weighted by Crippen LogP contribution is -2.39. The minimum atomic E-state index is -4.24. The lowest BCUT2D eigenvalue weighted by atomic mass is 9.98. The minimum Gasteiger partial charge on any atom is -0.367 e. The van der Waals surface area contributed by atoms with Crippen LogP contribution in [0.15, 0.2) is 30.1 Å². The molecular weight excluding hydrogens is 459 g/mol. The molecule has 0 atom stereocenters. The van der Waals surface area contributed by atoms with Crippen molar-refractivity contribution in [1.82, 2.24) is 14.9 Å². The second-order valence-corrected chi connectivity index (χ2v) is 10.2. The van der Waals surface area contributed by atoms with Gasteiger partial charge in [0.05, 0.1) is 17.9 Å². The van der Waals surface area contributed by atoms with Gasteiger partial charge in [0.2, 0.25) is 0 Å². The molecule has 2 aliphatic rings. The Labute approximate surface area is 199 Å². The van der Waals surface area contributed by atoms with Gasteiger partial charge in [-0.25, -0.2) is 9.97 Å². The number of aromatic nitrogens is 2. The molecule has 2 aromatic heterocycles.